The lowest BCUT2D eigenvalue weighted by atomic mass is 9.92. The Balaban J connectivity index is 2.31. The smallest absolute Gasteiger partial charge is 0.117 e. The first-order valence-corrected chi connectivity index (χ1v) is 4.70. The molecule has 1 aliphatic carbocycles. The number of rotatable bonds is 0. The minimum absolute atomic E-state index is 0.107. The fraction of sp³-hybridized carbons (Fsp3) is 0.500. The molecule has 1 aliphatic heterocycles. The van der Waals surface area contributed by atoms with E-state index in [1.54, 1.807) is 0 Å². The van der Waals surface area contributed by atoms with Gasteiger partial charge >= 0.3 is 0 Å². The number of hydrogen-bond donors (Lipinski definition) is 0. The van der Waals surface area contributed by atoms with Gasteiger partial charge in [-0.1, -0.05) is 11.6 Å². The molecule has 0 fully saturated rings. The highest BCUT2D eigenvalue weighted by atomic mass is 35.5. The van der Waals surface area contributed by atoms with Crippen LogP contribution in [0, 0.1) is 5.92 Å². The molecule has 2 atom stereocenters. The maximum Gasteiger partial charge on any atom is 0.117 e. The van der Waals surface area contributed by atoms with E-state index in [0.29, 0.717) is 5.17 Å². The third-order valence-electron chi connectivity index (χ3n) is 2.12. The first-order valence-electron chi connectivity index (χ1n) is 3.89. The van der Waals surface area contributed by atoms with E-state index in [-0.39, 0.29) is 11.3 Å². The molecule has 0 radical (unpaired) electrons. The maximum atomic E-state index is 5.95. The highest BCUT2D eigenvalue weighted by Crippen LogP contribution is 2.31. The molecule has 2 rings (SSSR count). The Kier molecular flexibility index (Phi) is 2.20. The van der Waals surface area contributed by atoms with Crippen molar-refractivity contribution in [3.8, 4) is 0 Å². The summed E-state index contributed by atoms with van der Waals surface area (Å²) in [6.07, 6.45) is 5.36. The summed E-state index contributed by atoms with van der Waals surface area (Å²) < 4.78 is 0. The molecule has 4 heteroatoms. The normalized spacial score (nSPS) is 33.8. The van der Waals surface area contributed by atoms with Gasteiger partial charge in [-0.15, -0.1) is 11.6 Å². The highest BCUT2D eigenvalue weighted by molar-refractivity contribution is 6.66. The molecule has 0 aromatic rings. The number of alkyl halides is 1. The molecule has 2 nitrogen and oxygen atoms in total. The van der Waals surface area contributed by atoms with Gasteiger partial charge in [0.05, 0.1) is 11.3 Å². The van der Waals surface area contributed by atoms with Crippen molar-refractivity contribution in [3.63, 3.8) is 0 Å². The molecule has 0 saturated heterocycles. The molecular weight excluding hydrogens is 195 g/mol. The largest absolute Gasteiger partial charge is 0.241 e. The summed E-state index contributed by atoms with van der Waals surface area (Å²) in [5.41, 5.74) is 0.973. The van der Waals surface area contributed by atoms with Crippen molar-refractivity contribution in [1.29, 1.82) is 0 Å². The molecule has 0 saturated carbocycles. The summed E-state index contributed by atoms with van der Waals surface area (Å²) in [4.78, 5) is 8.08. The van der Waals surface area contributed by atoms with E-state index in [1.807, 2.05) is 6.08 Å². The lowest BCUT2D eigenvalue weighted by Crippen LogP contribution is -2.21. The van der Waals surface area contributed by atoms with Crippen LogP contribution in [0.15, 0.2) is 21.8 Å². The standard InChI is InChI=1S/C8H8Cl2N2/c9-5-1-2-6-7(3-5)11-4-12-8(6)10/h3-6H,1-2H2. The van der Waals surface area contributed by atoms with Gasteiger partial charge in [0.2, 0.25) is 0 Å². The Morgan fingerprint density at radius 2 is 2.25 bits per heavy atom. The van der Waals surface area contributed by atoms with Gasteiger partial charge in [0.15, 0.2) is 0 Å². The van der Waals surface area contributed by atoms with Crippen LogP contribution in [0.4, 0.5) is 0 Å². The maximum absolute atomic E-state index is 5.95. The molecule has 12 heavy (non-hydrogen) atoms. The number of hydrogen-bond acceptors (Lipinski definition) is 2. The van der Waals surface area contributed by atoms with Crippen molar-refractivity contribution >= 4 is 34.7 Å². The topological polar surface area (TPSA) is 24.7 Å². The van der Waals surface area contributed by atoms with Crippen LogP contribution < -0.4 is 0 Å². The van der Waals surface area contributed by atoms with E-state index in [1.165, 1.54) is 6.34 Å². The van der Waals surface area contributed by atoms with Gasteiger partial charge in [-0.25, -0.2) is 9.98 Å². The average molecular weight is 203 g/mol. The molecule has 0 spiro atoms. The second-order valence-corrected chi connectivity index (χ2v) is 3.88. The van der Waals surface area contributed by atoms with Crippen LogP contribution in [0.5, 0.6) is 0 Å². The van der Waals surface area contributed by atoms with Crippen molar-refractivity contribution in [2.24, 2.45) is 15.9 Å². The van der Waals surface area contributed by atoms with Crippen LogP contribution in [0.3, 0.4) is 0 Å². The monoisotopic (exact) mass is 202 g/mol. The summed E-state index contributed by atoms with van der Waals surface area (Å²) in [6, 6.07) is 0. The van der Waals surface area contributed by atoms with Crippen molar-refractivity contribution in [2.75, 3.05) is 0 Å². The summed E-state index contributed by atoms with van der Waals surface area (Å²) >= 11 is 11.9. The summed E-state index contributed by atoms with van der Waals surface area (Å²) in [6.45, 7) is 0. The number of nitrogens with zero attached hydrogens (tertiary/aromatic N) is 2. The van der Waals surface area contributed by atoms with Crippen LogP contribution >= 0.6 is 23.2 Å². The van der Waals surface area contributed by atoms with E-state index < -0.39 is 0 Å². The Bertz CT molecular complexity index is 281. The Labute approximate surface area is 81.0 Å². The SMILES string of the molecule is ClC1=NC=NC2=CC(Cl)CCC21. The Morgan fingerprint density at radius 3 is 3.08 bits per heavy atom. The average Bonchev–Trinajstić information content (AvgIpc) is 2.04. The molecule has 2 unspecified atom stereocenters. The predicted octanol–water partition coefficient (Wildman–Crippen LogP) is 2.57. The molecule has 1 heterocycles. The van der Waals surface area contributed by atoms with Gasteiger partial charge in [-0.2, -0.15) is 0 Å². The molecule has 0 aromatic heterocycles. The first-order chi connectivity index (χ1) is 5.77. The zero-order valence-electron chi connectivity index (χ0n) is 6.37. The van der Waals surface area contributed by atoms with E-state index >= 15 is 0 Å². The fourth-order valence-corrected chi connectivity index (χ4v) is 1.99. The molecule has 0 bridgehead atoms. The van der Waals surface area contributed by atoms with Crippen LogP contribution in [0.1, 0.15) is 12.8 Å². The van der Waals surface area contributed by atoms with Gasteiger partial charge in [0.1, 0.15) is 11.5 Å². The minimum Gasteiger partial charge on any atom is -0.241 e. The van der Waals surface area contributed by atoms with Crippen molar-refractivity contribution < 1.29 is 0 Å². The lowest BCUT2D eigenvalue weighted by molar-refractivity contribution is 0.624. The van der Waals surface area contributed by atoms with Crippen molar-refractivity contribution in [1.82, 2.24) is 0 Å². The summed E-state index contributed by atoms with van der Waals surface area (Å²) in [5.74, 6) is 0.201. The number of fused-ring (bicyclic) bond motifs is 1. The van der Waals surface area contributed by atoms with Crippen LogP contribution in [-0.2, 0) is 0 Å². The molecule has 64 valence electrons. The zero-order chi connectivity index (χ0) is 8.55. The third kappa shape index (κ3) is 1.41. The minimum atomic E-state index is 0.107. The van der Waals surface area contributed by atoms with Gasteiger partial charge in [-0.05, 0) is 18.9 Å². The second kappa shape index (κ2) is 3.19. The Hall–Kier alpha value is -0.340. The molecule has 0 amide bonds. The number of allylic oxidation sites excluding steroid dienone is 2. The van der Waals surface area contributed by atoms with E-state index in [9.17, 15) is 0 Å². The third-order valence-corrected chi connectivity index (χ3v) is 2.82. The predicted molar refractivity (Wildman–Crippen MR) is 52.2 cm³/mol. The van der Waals surface area contributed by atoms with Crippen molar-refractivity contribution in [2.45, 2.75) is 18.2 Å². The van der Waals surface area contributed by atoms with Crippen LogP contribution in [-0.4, -0.2) is 16.9 Å². The summed E-state index contributed by atoms with van der Waals surface area (Å²) in [7, 11) is 0. The summed E-state index contributed by atoms with van der Waals surface area (Å²) in [5, 5.41) is 0.746. The first kappa shape index (κ1) is 8.27. The number of aliphatic imine (C=N–C) groups is 2. The zero-order valence-corrected chi connectivity index (χ0v) is 7.89. The van der Waals surface area contributed by atoms with Crippen LogP contribution in [0.2, 0.25) is 0 Å². The molecular formula is C8H8Cl2N2. The van der Waals surface area contributed by atoms with Gasteiger partial charge in [-0.3, -0.25) is 0 Å². The molecule has 0 aromatic carbocycles. The second-order valence-electron chi connectivity index (χ2n) is 2.93. The number of halogens is 2. The van der Waals surface area contributed by atoms with Crippen molar-refractivity contribution in [3.05, 3.63) is 11.8 Å². The fourth-order valence-electron chi connectivity index (χ4n) is 1.47. The van der Waals surface area contributed by atoms with E-state index in [4.69, 9.17) is 23.2 Å². The van der Waals surface area contributed by atoms with Gasteiger partial charge < -0.3 is 0 Å². The molecule has 2 aliphatic rings. The lowest BCUT2D eigenvalue weighted by Gasteiger charge is -2.24. The van der Waals surface area contributed by atoms with Gasteiger partial charge in [0.25, 0.3) is 0 Å². The van der Waals surface area contributed by atoms with Gasteiger partial charge in [0, 0.05) is 5.70 Å². The quantitative estimate of drug-likeness (QED) is 0.540. The van der Waals surface area contributed by atoms with E-state index in [0.717, 1.165) is 18.5 Å². The Morgan fingerprint density at radius 1 is 1.42 bits per heavy atom. The van der Waals surface area contributed by atoms with E-state index in [2.05, 4.69) is 9.98 Å². The highest BCUT2D eigenvalue weighted by Gasteiger charge is 2.26. The molecule has 0 N–H and O–H groups in total. The van der Waals surface area contributed by atoms with Crippen LogP contribution in [0.25, 0.3) is 0 Å².